The Morgan fingerprint density at radius 2 is 0.553 bits per heavy atom. The lowest BCUT2D eigenvalue weighted by Crippen LogP contribution is -2.45. The summed E-state index contributed by atoms with van der Waals surface area (Å²) in [6.07, 6.45) is 96.9. The van der Waals surface area contributed by atoms with Gasteiger partial charge in [-0.1, -0.05) is 371 Å². The molecule has 0 rings (SSSR count). The van der Waals surface area contributed by atoms with E-state index in [1.165, 1.54) is 360 Å². The third-order valence-electron chi connectivity index (χ3n) is 18.1. The topological polar surface area (TPSA) is 95.9 Å². The molecule has 0 bridgehead atoms. The van der Waals surface area contributed by atoms with E-state index >= 15 is 0 Å². The Morgan fingerprint density at radius 3 is 0.835 bits per heavy atom. The van der Waals surface area contributed by atoms with E-state index in [0.29, 0.717) is 19.4 Å². The zero-order valence-electron chi connectivity index (χ0n) is 57.6. The van der Waals surface area contributed by atoms with Gasteiger partial charge in [0, 0.05) is 12.8 Å². The lowest BCUT2D eigenvalue weighted by atomic mass is 10.0. The second-order valence-corrected chi connectivity index (χ2v) is 26.7. The first kappa shape index (κ1) is 83.1. The van der Waals surface area contributed by atoms with Crippen molar-refractivity contribution in [2.45, 2.75) is 443 Å². The van der Waals surface area contributed by atoms with Gasteiger partial charge >= 0.3 is 5.97 Å². The van der Waals surface area contributed by atoms with Gasteiger partial charge in [-0.15, -0.1) is 0 Å². The molecule has 0 aliphatic rings. The van der Waals surface area contributed by atoms with E-state index in [-0.39, 0.29) is 18.5 Å². The summed E-state index contributed by atoms with van der Waals surface area (Å²) in [5.74, 6) is -0.0486. The Bertz CT molecular complexity index is 1380. The van der Waals surface area contributed by atoms with Crippen LogP contribution in [0, 0.1) is 0 Å². The average Bonchev–Trinajstić information content (AvgIpc) is 3.51. The van der Waals surface area contributed by atoms with Crippen LogP contribution in [0.1, 0.15) is 431 Å². The van der Waals surface area contributed by atoms with E-state index in [0.717, 1.165) is 44.9 Å². The van der Waals surface area contributed by atoms with Crippen LogP contribution in [0.25, 0.3) is 0 Å². The third-order valence-corrected chi connectivity index (χ3v) is 18.1. The Labute approximate surface area is 532 Å². The maximum Gasteiger partial charge on any atom is 0.305 e. The molecule has 0 aliphatic carbocycles. The minimum atomic E-state index is -0.843. The Hall–Kier alpha value is -1.92. The van der Waals surface area contributed by atoms with Gasteiger partial charge < -0.3 is 20.3 Å². The molecule has 6 nitrogen and oxygen atoms in total. The maximum atomic E-state index is 12.5. The highest BCUT2D eigenvalue weighted by Gasteiger charge is 2.18. The van der Waals surface area contributed by atoms with E-state index in [2.05, 4.69) is 43.5 Å². The molecule has 2 unspecified atom stereocenters. The molecule has 0 aliphatic heterocycles. The SMILES string of the molecule is CCCCCCC/C=C\CCCCCCCC(=O)OCCCCCCCCCCCCCCCC/C=C\CCCCCCCCCCCCCCCCCCCC(=O)NC(CO)C(O)/C=C/CCCCCCCCCCCCCCCCCCC. The number of carbonyl (C=O) groups excluding carboxylic acids is 2. The van der Waals surface area contributed by atoms with Gasteiger partial charge in [0.05, 0.1) is 25.4 Å². The number of amides is 1. The average molecular weight is 1200 g/mol. The van der Waals surface area contributed by atoms with Gasteiger partial charge in [0.2, 0.25) is 5.91 Å². The fraction of sp³-hybridized carbons (Fsp3) is 0.899. The van der Waals surface area contributed by atoms with Crippen molar-refractivity contribution < 1.29 is 24.5 Å². The van der Waals surface area contributed by atoms with Crippen molar-refractivity contribution in [2.24, 2.45) is 0 Å². The standard InChI is InChI=1S/C79H151NO5/c1-3-5-7-9-11-13-15-17-19-20-38-41-44-47-51-55-59-63-67-71-77(82)76(75-81)80-78(83)72-68-64-60-56-52-48-45-42-39-36-34-32-30-28-26-24-22-21-23-25-27-29-31-33-35-37-40-43-46-50-54-58-62-66-70-74-85-79(84)73-69-65-61-57-53-49-18-16-14-12-10-8-6-4-2/h16,18,23,25,67,71,76-77,81-82H,3-15,17,19-22,24,26-66,68-70,72-75H2,1-2H3,(H,80,83)/b18-16-,25-23-,71-67+. The highest BCUT2D eigenvalue weighted by molar-refractivity contribution is 5.76. The number of rotatable bonds is 73. The van der Waals surface area contributed by atoms with E-state index in [1.54, 1.807) is 6.08 Å². The lowest BCUT2D eigenvalue weighted by molar-refractivity contribution is -0.143. The van der Waals surface area contributed by atoms with Crippen LogP contribution in [-0.2, 0) is 14.3 Å². The Balaban J connectivity index is 3.36. The minimum absolute atomic E-state index is 0.0120. The first-order valence-corrected chi connectivity index (χ1v) is 38.8. The molecule has 0 spiro atoms. The minimum Gasteiger partial charge on any atom is -0.466 e. The van der Waals surface area contributed by atoms with Gasteiger partial charge in [-0.3, -0.25) is 9.59 Å². The molecule has 0 saturated heterocycles. The summed E-state index contributed by atoms with van der Waals surface area (Å²) in [4.78, 5) is 24.6. The van der Waals surface area contributed by atoms with Crippen molar-refractivity contribution in [2.75, 3.05) is 13.2 Å². The molecule has 3 N–H and O–H groups in total. The molecule has 1 amide bonds. The largest absolute Gasteiger partial charge is 0.466 e. The molecular weight excluding hydrogens is 1040 g/mol. The molecule has 85 heavy (non-hydrogen) atoms. The highest BCUT2D eigenvalue weighted by atomic mass is 16.5. The smallest absolute Gasteiger partial charge is 0.305 e. The highest BCUT2D eigenvalue weighted by Crippen LogP contribution is 2.19. The summed E-state index contributed by atoms with van der Waals surface area (Å²) in [7, 11) is 0. The summed E-state index contributed by atoms with van der Waals surface area (Å²) in [6.45, 7) is 4.93. The van der Waals surface area contributed by atoms with Crippen molar-refractivity contribution in [3.63, 3.8) is 0 Å². The molecule has 2 atom stereocenters. The third kappa shape index (κ3) is 71.0. The number of hydrogen-bond acceptors (Lipinski definition) is 5. The Kier molecular flexibility index (Phi) is 72.9. The summed E-state index contributed by atoms with van der Waals surface area (Å²) in [5.41, 5.74) is 0. The fourth-order valence-corrected chi connectivity index (χ4v) is 12.2. The molecule has 6 heteroatoms. The number of aliphatic hydroxyl groups excluding tert-OH is 2. The van der Waals surface area contributed by atoms with E-state index in [1.807, 2.05) is 6.08 Å². The number of nitrogens with one attached hydrogen (secondary N) is 1. The molecule has 502 valence electrons. The maximum absolute atomic E-state index is 12.5. The van der Waals surface area contributed by atoms with E-state index in [9.17, 15) is 19.8 Å². The van der Waals surface area contributed by atoms with Crippen molar-refractivity contribution in [1.29, 1.82) is 0 Å². The van der Waals surface area contributed by atoms with Crippen molar-refractivity contribution in [3.05, 3.63) is 36.5 Å². The molecule has 0 fully saturated rings. The molecule has 0 saturated carbocycles. The number of allylic oxidation sites excluding steroid dienone is 5. The molecule has 0 radical (unpaired) electrons. The van der Waals surface area contributed by atoms with Crippen LogP contribution >= 0.6 is 0 Å². The molecule has 0 aromatic carbocycles. The van der Waals surface area contributed by atoms with Gasteiger partial charge in [0.1, 0.15) is 0 Å². The van der Waals surface area contributed by atoms with Crippen molar-refractivity contribution in [3.8, 4) is 0 Å². The second-order valence-electron chi connectivity index (χ2n) is 26.7. The lowest BCUT2D eigenvalue weighted by Gasteiger charge is -2.20. The van der Waals surface area contributed by atoms with Crippen LogP contribution < -0.4 is 5.32 Å². The Morgan fingerprint density at radius 1 is 0.318 bits per heavy atom. The fourth-order valence-electron chi connectivity index (χ4n) is 12.2. The zero-order chi connectivity index (χ0) is 61.3. The molecule has 0 heterocycles. The first-order valence-electron chi connectivity index (χ1n) is 38.8. The quantitative estimate of drug-likeness (QED) is 0.0320. The molecular formula is C79H151NO5. The number of aliphatic hydroxyl groups is 2. The summed E-state index contributed by atoms with van der Waals surface area (Å²) in [6, 6.07) is -0.626. The second kappa shape index (κ2) is 74.5. The van der Waals surface area contributed by atoms with Gasteiger partial charge in [0.15, 0.2) is 0 Å². The van der Waals surface area contributed by atoms with Crippen LogP contribution in [0.3, 0.4) is 0 Å². The summed E-state index contributed by atoms with van der Waals surface area (Å²) in [5, 5.41) is 23.3. The van der Waals surface area contributed by atoms with Crippen LogP contribution in [0.2, 0.25) is 0 Å². The van der Waals surface area contributed by atoms with Crippen LogP contribution in [0.4, 0.5) is 0 Å². The van der Waals surface area contributed by atoms with Gasteiger partial charge in [-0.05, 0) is 83.5 Å². The summed E-state index contributed by atoms with van der Waals surface area (Å²) >= 11 is 0. The zero-order valence-corrected chi connectivity index (χ0v) is 57.6. The van der Waals surface area contributed by atoms with E-state index in [4.69, 9.17) is 4.74 Å². The van der Waals surface area contributed by atoms with Crippen molar-refractivity contribution >= 4 is 11.9 Å². The number of carbonyl (C=O) groups is 2. The number of esters is 1. The number of hydrogen-bond donors (Lipinski definition) is 3. The van der Waals surface area contributed by atoms with Crippen LogP contribution in [0.15, 0.2) is 36.5 Å². The molecule has 0 aromatic rings. The predicted molar refractivity (Wildman–Crippen MR) is 375 cm³/mol. The number of ether oxygens (including phenoxy) is 1. The van der Waals surface area contributed by atoms with Gasteiger partial charge in [0.25, 0.3) is 0 Å². The first-order chi connectivity index (χ1) is 42.0. The van der Waals surface area contributed by atoms with Gasteiger partial charge in [-0.25, -0.2) is 0 Å². The molecule has 0 aromatic heterocycles. The normalized spacial score (nSPS) is 12.7. The van der Waals surface area contributed by atoms with Crippen LogP contribution in [-0.4, -0.2) is 47.4 Å². The van der Waals surface area contributed by atoms with Gasteiger partial charge in [-0.2, -0.15) is 0 Å². The van der Waals surface area contributed by atoms with E-state index < -0.39 is 12.1 Å². The monoisotopic (exact) mass is 1190 g/mol. The predicted octanol–water partition coefficient (Wildman–Crippen LogP) is 25.4. The number of unbranched alkanes of at least 4 members (excludes halogenated alkanes) is 58. The summed E-state index contributed by atoms with van der Waals surface area (Å²) < 4.78 is 5.49. The van der Waals surface area contributed by atoms with Crippen LogP contribution in [0.5, 0.6) is 0 Å². The van der Waals surface area contributed by atoms with Crippen molar-refractivity contribution in [1.82, 2.24) is 5.32 Å².